The molecule has 1 fully saturated rings. The molecule has 0 amide bonds. The maximum Gasteiger partial charge on any atom is 0.0849 e. The van der Waals surface area contributed by atoms with Gasteiger partial charge in [0.2, 0.25) is 0 Å². The van der Waals surface area contributed by atoms with Crippen molar-refractivity contribution in [1.82, 2.24) is 5.39 Å². The minimum atomic E-state index is -0.193. The van der Waals surface area contributed by atoms with Gasteiger partial charge in [-0.2, -0.15) is 0 Å². The summed E-state index contributed by atoms with van der Waals surface area (Å²) in [6.45, 7) is 4.33. The average Bonchev–Trinajstić information content (AvgIpc) is 1.75. The van der Waals surface area contributed by atoms with Crippen molar-refractivity contribution in [3.05, 3.63) is 0 Å². The summed E-state index contributed by atoms with van der Waals surface area (Å²) >= 11 is 0. The van der Waals surface area contributed by atoms with Gasteiger partial charge in [0.1, 0.15) is 0 Å². The summed E-state index contributed by atoms with van der Waals surface area (Å²) in [5.74, 6) is 1.35. The van der Waals surface area contributed by atoms with E-state index in [-0.39, 0.29) is 11.5 Å². The number of hydrogen-bond acceptors (Lipinski definition) is 4. The quantitative estimate of drug-likeness (QED) is 0.615. The zero-order valence-corrected chi connectivity index (χ0v) is 6.90. The van der Waals surface area contributed by atoms with Gasteiger partial charge in [0.15, 0.2) is 0 Å². The second kappa shape index (κ2) is 3.49. The topological polar surface area (TPSA) is 52.9 Å². The standard InChI is InChI=1S/C7H15NO3/c1-5(2)6-3-7(4-6)11-8(9)10/h5-7,9-10H,3-4H2,1-2H3/t6-,7+. The summed E-state index contributed by atoms with van der Waals surface area (Å²) in [6, 6.07) is 0. The Labute approximate surface area is 66.2 Å². The molecule has 0 aromatic carbocycles. The van der Waals surface area contributed by atoms with Crippen molar-refractivity contribution in [3.63, 3.8) is 0 Å². The Bertz CT molecular complexity index is 121. The van der Waals surface area contributed by atoms with E-state index in [1.807, 2.05) is 0 Å². The normalized spacial score (nSPS) is 31.1. The van der Waals surface area contributed by atoms with Crippen LogP contribution in [0.25, 0.3) is 0 Å². The highest BCUT2D eigenvalue weighted by molar-refractivity contribution is 4.81. The summed E-state index contributed by atoms with van der Waals surface area (Å²) in [5.41, 5.74) is 0. The highest BCUT2D eigenvalue weighted by Crippen LogP contribution is 2.35. The van der Waals surface area contributed by atoms with Gasteiger partial charge in [0, 0.05) is 0 Å². The molecular weight excluding hydrogens is 146 g/mol. The van der Waals surface area contributed by atoms with Crippen molar-refractivity contribution in [3.8, 4) is 0 Å². The smallest absolute Gasteiger partial charge is 0.0849 e. The molecule has 0 radical (unpaired) electrons. The van der Waals surface area contributed by atoms with Crippen LogP contribution in [0.15, 0.2) is 0 Å². The Morgan fingerprint density at radius 3 is 2.27 bits per heavy atom. The lowest BCUT2D eigenvalue weighted by molar-refractivity contribution is -0.511. The third-order valence-corrected chi connectivity index (χ3v) is 2.32. The molecule has 0 unspecified atom stereocenters. The molecule has 0 heterocycles. The van der Waals surface area contributed by atoms with Crippen LogP contribution in [0.3, 0.4) is 0 Å². The molecule has 1 saturated carbocycles. The fraction of sp³-hybridized carbons (Fsp3) is 1.00. The van der Waals surface area contributed by atoms with E-state index < -0.39 is 0 Å². The average molecular weight is 161 g/mol. The fourth-order valence-corrected chi connectivity index (χ4v) is 1.37. The lowest BCUT2D eigenvalue weighted by Gasteiger charge is -2.37. The molecule has 0 spiro atoms. The van der Waals surface area contributed by atoms with Crippen LogP contribution in [0.1, 0.15) is 26.7 Å². The van der Waals surface area contributed by atoms with Crippen LogP contribution in [0.4, 0.5) is 0 Å². The largest absolute Gasteiger partial charge is 0.266 e. The van der Waals surface area contributed by atoms with Crippen LogP contribution in [-0.2, 0) is 4.84 Å². The SMILES string of the molecule is CC(C)[C@H]1C[C@@H](ON(O)O)C1. The monoisotopic (exact) mass is 161 g/mol. The van der Waals surface area contributed by atoms with Crippen LogP contribution < -0.4 is 0 Å². The molecule has 1 aliphatic rings. The van der Waals surface area contributed by atoms with Gasteiger partial charge in [0.05, 0.1) is 11.5 Å². The van der Waals surface area contributed by atoms with Crippen LogP contribution in [0.2, 0.25) is 0 Å². The van der Waals surface area contributed by atoms with Crippen LogP contribution >= 0.6 is 0 Å². The minimum absolute atomic E-state index is 0.00241. The van der Waals surface area contributed by atoms with E-state index in [2.05, 4.69) is 18.7 Å². The third kappa shape index (κ3) is 2.41. The molecule has 0 aromatic rings. The summed E-state index contributed by atoms with van der Waals surface area (Å²) in [5, 5.41) is 16.4. The molecule has 0 aliphatic heterocycles. The van der Waals surface area contributed by atoms with Crippen molar-refractivity contribution in [2.75, 3.05) is 0 Å². The molecule has 0 bridgehead atoms. The van der Waals surface area contributed by atoms with Crippen molar-refractivity contribution in [2.24, 2.45) is 11.8 Å². The van der Waals surface area contributed by atoms with Gasteiger partial charge in [0.25, 0.3) is 0 Å². The minimum Gasteiger partial charge on any atom is -0.266 e. The molecule has 0 saturated heterocycles. The first-order chi connectivity index (χ1) is 5.09. The Hall–Kier alpha value is -0.160. The second-order valence-corrected chi connectivity index (χ2v) is 3.46. The van der Waals surface area contributed by atoms with E-state index in [1.54, 1.807) is 0 Å². The number of rotatable bonds is 3. The van der Waals surface area contributed by atoms with Crippen LogP contribution in [0, 0.1) is 11.8 Å². The zero-order chi connectivity index (χ0) is 8.43. The molecule has 1 aliphatic carbocycles. The predicted molar refractivity (Wildman–Crippen MR) is 37.8 cm³/mol. The van der Waals surface area contributed by atoms with Crippen molar-refractivity contribution in [1.29, 1.82) is 0 Å². The summed E-state index contributed by atoms with van der Waals surface area (Å²) in [4.78, 5) is 4.61. The second-order valence-electron chi connectivity index (χ2n) is 3.46. The first-order valence-electron chi connectivity index (χ1n) is 3.94. The lowest BCUT2D eigenvalue weighted by atomic mass is 9.75. The number of hydrogen-bond donors (Lipinski definition) is 2. The van der Waals surface area contributed by atoms with E-state index >= 15 is 0 Å². The zero-order valence-electron chi connectivity index (χ0n) is 6.90. The third-order valence-electron chi connectivity index (χ3n) is 2.32. The Morgan fingerprint density at radius 2 is 1.91 bits per heavy atom. The van der Waals surface area contributed by atoms with Gasteiger partial charge in [-0.25, -0.2) is 4.84 Å². The van der Waals surface area contributed by atoms with Gasteiger partial charge >= 0.3 is 0 Å². The molecule has 1 rings (SSSR count). The summed E-state index contributed by atoms with van der Waals surface area (Å²) < 4.78 is 0. The van der Waals surface area contributed by atoms with Gasteiger partial charge < -0.3 is 0 Å². The van der Waals surface area contributed by atoms with E-state index in [0.29, 0.717) is 11.8 Å². The Kier molecular flexibility index (Phi) is 2.84. The molecule has 0 aromatic heterocycles. The molecule has 0 atom stereocenters. The van der Waals surface area contributed by atoms with E-state index in [1.165, 1.54) is 0 Å². The van der Waals surface area contributed by atoms with E-state index in [4.69, 9.17) is 10.4 Å². The van der Waals surface area contributed by atoms with E-state index in [0.717, 1.165) is 12.8 Å². The highest BCUT2D eigenvalue weighted by Gasteiger charge is 2.33. The van der Waals surface area contributed by atoms with Gasteiger partial charge in [-0.15, -0.1) is 0 Å². The first-order valence-corrected chi connectivity index (χ1v) is 3.94. The molecule has 11 heavy (non-hydrogen) atoms. The summed E-state index contributed by atoms with van der Waals surface area (Å²) in [7, 11) is 0. The molecule has 4 heteroatoms. The molecular formula is C7H15NO3. The lowest BCUT2D eigenvalue weighted by Crippen LogP contribution is -2.37. The maximum absolute atomic E-state index is 8.28. The maximum atomic E-state index is 8.28. The Morgan fingerprint density at radius 1 is 1.36 bits per heavy atom. The molecule has 4 nitrogen and oxygen atoms in total. The van der Waals surface area contributed by atoms with E-state index in [9.17, 15) is 0 Å². The Balaban J connectivity index is 2.09. The molecule has 66 valence electrons. The number of nitrogens with zero attached hydrogens (tertiary/aromatic N) is 1. The van der Waals surface area contributed by atoms with Crippen LogP contribution in [0.5, 0.6) is 0 Å². The van der Waals surface area contributed by atoms with Crippen LogP contribution in [-0.4, -0.2) is 21.9 Å². The van der Waals surface area contributed by atoms with Gasteiger partial charge in [-0.1, -0.05) is 13.8 Å². The van der Waals surface area contributed by atoms with Gasteiger partial charge in [-0.05, 0) is 24.7 Å². The molecule has 2 N–H and O–H groups in total. The van der Waals surface area contributed by atoms with Gasteiger partial charge in [-0.3, -0.25) is 10.4 Å². The predicted octanol–water partition coefficient (Wildman–Crippen LogP) is 1.43. The van der Waals surface area contributed by atoms with Crippen molar-refractivity contribution in [2.45, 2.75) is 32.8 Å². The highest BCUT2D eigenvalue weighted by atomic mass is 17.1. The first kappa shape index (κ1) is 8.93. The van der Waals surface area contributed by atoms with Crippen molar-refractivity contribution >= 4 is 0 Å². The fourth-order valence-electron chi connectivity index (χ4n) is 1.37. The van der Waals surface area contributed by atoms with Crippen molar-refractivity contribution < 1.29 is 15.3 Å². The summed E-state index contributed by atoms with van der Waals surface area (Å²) in [6.07, 6.45) is 1.85.